The van der Waals surface area contributed by atoms with Crippen molar-refractivity contribution in [1.29, 1.82) is 0 Å². The first-order valence-electron chi connectivity index (χ1n) is 17.5. The Hall–Kier alpha value is -4.74. The van der Waals surface area contributed by atoms with Crippen LogP contribution >= 0.6 is 0 Å². The first-order valence-corrected chi connectivity index (χ1v) is 17.5. The molecule has 1 fully saturated rings. The average Bonchev–Trinajstić information content (AvgIpc) is 3.47. The highest BCUT2D eigenvalue weighted by molar-refractivity contribution is 5.76. The zero-order valence-electron chi connectivity index (χ0n) is 31.4. The number of H-pyrrole nitrogens is 1. The Kier molecular flexibility index (Phi) is 17.0. The lowest BCUT2D eigenvalue weighted by atomic mass is 9.96. The summed E-state index contributed by atoms with van der Waals surface area (Å²) in [5, 5.41) is 22.1. The molecule has 1 saturated heterocycles. The normalized spacial score (nSPS) is 19.6. The van der Waals surface area contributed by atoms with E-state index in [1.807, 2.05) is 39.0 Å². The van der Waals surface area contributed by atoms with E-state index < -0.39 is 61.2 Å². The fourth-order valence-electron chi connectivity index (χ4n) is 5.65. The van der Waals surface area contributed by atoms with Gasteiger partial charge in [0.05, 0.1) is 13.2 Å². The number of hydrogen-bond donors (Lipinski definition) is 4. The number of aryl methyl sites for hydroxylation is 1. The third-order valence-electron chi connectivity index (χ3n) is 8.03. The molecular formula is C36H52N4O13. The summed E-state index contributed by atoms with van der Waals surface area (Å²) in [5.41, 5.74) is 3.38. The molecule has 0 radical (unpaired) electrons. The molecular weight excluding hydrogens is 696 g/mol. The molecule has 1 amide bonds. The molecule has 1 aliphatic rings. The van der Waals surface area contributed by atoms with Gasteiger partial charge in [-0.2, -0.15) is 0 Å². The Morgan fingerprint density at radius 3 is 2.23 bits per heavy atom. The summed E-state index contributed by atoms with van der Waals surface area (Å²) >= 11 is 0. The minimum atomic E-state index is -1.44. The van der Waals surface area contributed by atoms with Gasteiger partial charge in [0.15, 0.2) is 12.2 Å². The van der Waals surface area contributed by atoms with Crippen molar-refractivity contribution in [2.24, 2.45) is 0 Å². The molecule has 1 aliphatic heterocycles. The molecule has 2 heterocycles. The maximum absolute atomic E-state index is 12.3. The fourth-order valence-corrected chi connectivity index (χ4v) is 5.65. The van der Waals surface area contributed by atoms with Crippen molar-refractivity contribution in [1.82, 2.24) is 20.8 Å². The third kappa shape index (κ3) is 13.6. The van der Waals surface area contributed by atoms with Gasteiger partial charge in [0.2, 0.25) is 24.2 Å². The minimum Gasteiger partial charge on any atom is -0.494 e. The average molecular weight is 749 g/mol. The number of benzene rings is 1. The van der Waals surface area contributed by atoms with Crippen LogP contribution in [0.5, 0.6) is 11.6 Å². The highest BCUT2D eigenvalue weighted by atomic mass is 16.7. The first kappa shape index (κ1) is 42.7. The molecule has 294 valence electrons. The van der Waals surface area contributed by atoms with Crippen molar-refractivity contribution >= 4 is 29.8 Å². The Balaban J connectivity index is 1.80. The van der Waals surface area contributed by atoms with Crippen molar-refractivity contribution in [3.8, 4) is 11.6 Å². The van der Waals surface area contributed by atoms with Crippen LogP contribution in [0.1, 0.15) is 82.7 Å². The molecule has 0 spiro atoms. The van der Waals surface area contributed by atoms with Crippen LogP contribution in [-0.2, 0) is 54.1 Å². The Labute approximate surface area is 308 Å². The SMILES string of the molecule is CC(=O)OC[C@H]1O[C@@H](Oc2n[nH]c(C(C)C)c2Cc2ccc(OCCCNCCC(=O)NCCO)cc2C)[C@H](OC(C)=O)[C@@H](OC(C)=O)[C@@H]1OC(C)=O. The number of aromatic nitrogens is 2. The van der Waals surface area contributed by atoms with Crippen molar-refractivity contribution in [3.63, 3.8) is 0 Å². The maximum atomic E-state index is 12.3. The van der Waals surface area contributed by atoms with Gasteiger partial charge in [0, 0.05) is 64.9 Å². The number of aromatic amines is 1. The molecule has 3 rings (SSSR count). The maximum Gasteiger partial charge on any atom is 0.303 e. The number of nitrogens with zero attached hydrogens (tertiary/aromatic N) is 1. The van der Waals surface area contributed by atoms with E-state index in [-0.39, 0.29) is 30.9 Å². The van der Waals surface area contributed by atoms with Crippen molar-refractivity contribution in [3.05, 3.63) is 40.6 Å². The fraction of sp³-hybridized carbons (Fsp3) is 0.611. The molecule has 2 aromatic rings. The van der Waals surface area contributed by atoms with E-state index in [0.717, 1.165) is 44.0 Å². The second-order valence-electron chi connectivity index (χ2n) is 12.8. The molecule has 4 N–H and O–H groups in total. The second kappa shape index (κ2) is 21.1. The standard InChI is InChI=1S/C36H52N4O13/c1-20(2)31-28(18-26-9-10-27(17-21(26)3)47-16-8-12-37-13-11-30(46)38-14-15-41)35(40-39-31)53-36-34(51-25(7)45)33(50-24(6)44)32(49-23(5)43)29(52-36)19-48-22(4)42/h9-10,17,20,29,32-34,36-37,41H,8,11-16,18-19H2,1-7H3,(H,38,46)(H,39,40)/t29-,32-,33+,34-,36+/m1/s1. The summed E-state index contributed by atoms with van der Waals surface area (Å²) in [4.78, 5) is 60.0. The third-order valence-corrected chi connectivity index (χ3v) is 8.03. The van der Waals surface area contributed by atoms with Gasteiger partial charge in [-0.25, -0.2) is 0 Å². The number of amides is 1. The van der Waals surface area contributed by atoms with Gasteiger partial charge in [-0.05, 0) is 49.1 Å². The van der Waals surface area contributed by atoms with Crippen molar-refractivity contribution in [2.45, 2.75) is 104 Å². The zero-order valence-corrected chi connectivity index (χ0v) is 31.4. The molecule has 17 heteroatoms. The number of aliphatic hydroxyl groups excluding tert-OH is 1. The van der Waals surface area contributed by atoms with E-state index in [1.165, 1.54) is 6.92 Å². The van der Waals surface area contributed by atoms with E-state index in [4.69, 9.17) is 38.3 Å². The van der Waals surface area contributed by atoms with E-state index in [9.17, 15) is 24.0 Å². The molecule has 53 heavy (non-hydrogen) atoms. The number of aliphatic hydroxyl groups is 1. The van der Waals surface area contributed by atoms with Crippen LogP contribution in [0, 0.1) is 6.92 Å². The van der Waals surface area contributed by atoms with Crippen molar-refractivity contribution in [2.75, 3.05) is 39.5 Å². The number of carbonyl (C=O) groups excluding carboxylic acids is 5. The molecule has 17 nitrogen and oxygen atoms in total. The van der Waals surface area contributed by atoms with Gasteiger partial charge < -0.3 is 48.9 Å². The van der Waals surface area contributed by atoms with Crippen LogP contribution in [0.4, 0.5) is 0 Å². The summed E-state index contributed by atoms with van der Waals surface area (Å²) in [6.07, 6.45) is -5.30. The predicted molar refractivity (Wildman–Crippen MR) is 187 cm³/mol. The number of nitrogens with one attached hydrogen (secondary N) is 3. The van der Waals surface area contributed by atoms with Crippen LogP contribution in [0.2, 0.25) is 0 Å². The van der Waals surface area contributed by atoms with Crippen molar-refractivity contribution < 1.29 is 62.2 Å². The monoisotopic (exact) mass is 748 g/mol. The van der Waals surface area contributed by atoms with Crippen LogP contribution in [0.25, 0.3) is 0 Å². The summed E-state index contributed by atoms with van der Waals surface area (Å²) < 4.78 is 40.1. The predicted octanol–water partition coefficient (Wildman–Crippen LogP) is 1.75. The zero-order chi connectivity index (χ0) is 39.1. The second-order valence-corrected chi connectivity index (χ2v) is 12.8. The van der Waals surface area contributed by atoms with Gasteiger partial charge in [-0.3, -0.25) is 29.1 Å². The Bertz CT molecular complexity index is 1550. The van der Waals surface area contributed by atoms with Gasteiger partial charge in [-0.15, -0.1) is 5.10 Å². The lowest BCUT2D eigenvalue weighted by molar-refractivity contribution is -0.289. The molecule has 5 atom stereocenters. The lowest BCUT2D eigenvalue weighted by Crippen LogP contribution is -2.63. The highest BCUT2D eigenvalue weighted by Crippen LogP contribution is 2.34. The van der Waals surface area contributed by atoms with Crippen LogP contribution < -0.4 is 20.1 Å². The number of rotatable bonds is 20. The van der Waals surface area contributed by atoms with E-state index in [0.29, 0.717) is 43.9 Å². The summed E-state index contributed by atoms with van der Waals surface area (Å²) in [6, 6.07) is 5.75. The number of esters is 4. The summed E-state index contributed by atoms with van der Waals surface area (Å²) in [7, 11) is 0. The van der Waals surface area contributed by atoms with E-state index >= 15 is 0 Å². The molecule has 0 unspecified atom stereocenters. The molecule has 0 aliphatic carbocycles. The highest BCUT2D eigenvalue weighted by Gasteiger charge is 2.53. The van der Waals surface area contributed by atoms with E-state index in [2.05, 4.69) is 20.8 Å². The number of hydrogen-bond acceptors (Lipinski definition) is 15. The Morgan fingerprint density at radius 1 is 0.925 bits per heavy atom. The molecule has 1 aromatic heterocycles. The van der Waals surface area contributed by atoms with Crippen LogP contribution in [-0.4, -0.2) is 115 Å². The summed E-state index contributed by atoms with van der Waals surface area (Å²) in [5.74, 6) is -2.16. The number of carbonyl (C=O) groups is 5. The number of ether oxygens (including phenoxy) is 7. The smallest absolute Gasteiger partial charge is 0.303 e. The lowest BCUT2D eigenvalue weighted by Gasteiger charge is -2.43. The summed E-state index contributed by atoms with van der Waals surface area (Å²) in [6.45, 7) is 12.0. The Morgan fingerprint density at radius 2 is 1.60 bits per heavy atom. The topological polar surface area (TPSA) is 223 Å². The molecule has 0 saturated carbocycles. The van der Waals surface area contributed by atoms with Crippen LogP contribution in [0.3, 0.4) is 0 Å². The van der Waals surface area contributed by atoms with E-state index in [1.54, 1.807) is 0 Å². The first-order chi connectivity index (χ1) is 25.2. The minimum absolute atomic E-state index is 0.00306. The molecule has 1 aromatic carbocycles. The van der Waals surface area contributed by atoms with Gasteiger partial charge in [-0.1, -0.05) is 19.9 Å². The van der Waals surface area contributed by atoms with Gasteiger partial charge in [0.1, 0.15) is 18.5 Å². The molecule has 0 bridgehead atoms. The quantitative estimate of drug-likeness (QED) is 0.0861. The van der Waals surface area contributed by atoms with Gasteiger partial charge in [0.25, 0.3) is 0 Å². The largest absolute Gasteiger partial charge is 0.494 e. The van der Waals surface area contributed by atoms with Crippen LogP contribution in [0.15, 0.2) is 18.2 Å². The van der Waals surface area contributed by atoms with Gasteiger partial charge >= 0.3 is 23.9 Å².